The minimum absolute atomic E-state index is 0.169. The number of carbonyl (C=O) groups excluding carboxylic acids is 1. The van der Waals surface area contributed by atoms with Crippen LogP contribution in [0.1, 0.15) is 50.5 Å². The van der Waals surface area contributed by atoms with Gasteiger partial charge in [-0.05, 0) is 55.9 Å². The normalized spacial score (nSPS) is 21.4. The van der Waals surface area contributed by atoms with Crippen LogP contribution in [-0.2, 0) is 4.79 Å². The first-order valence-corrected chi connectivity index (χ1v) is 8.38. The number of phenols is 1. The average Bonchev–Trinajstić information content (AvgIpc) is 3.38. The molecule has 2 aliphatic carbocycles. The van der Waals surface area contributed by atoms with Crippen LogP contribution in [0, 0.1) is 16.7 Å². The van der Waals surface area contributed by atoms with Crippen LogP contribution in [0.15, 0.2) is 35.6 Å². The first kappa shape index (κ1) is 15.8. The van der Waals surface area contributed by atoms with Crippen molar-refractivity contribution in [3.05, 3.63) is 41.2 Å². The fraction of sp³-hybridized carbons (Fsp3) is 0.474. The van der Waals surface area contributed by atoms with Crippen molar-refractivity contribution in [2.45, 2.75) is 44.9 Å². The maximum Gasteiger partial charge on any atom is 0.248 e. The van der Waals surface area contributed by atoms with Gasteiger partial charge in [0, 0.05) is 5.56 Å². The van der Waals surface area contributed by atoms with Gasteiger partial charge in [-0.15, -0.1) is 0 Å². The Labute approximate surface area is 136 Å². The van der Waals surface area contributed by atoms with Crippen LogP contribution in [-0.4, -0.2) is 22.2 Å². The van der Waals surface area contributed by atoms with E-state index in [9.17, 15) is 9.90 Å². The Morgan fingerprint density at radius 1 is 1.17 bits per heavy atom. The molecule has 0 bridgehead atoms. The molecule has 0 saturated heterocycles. The zero-order valence-corrected chi connectivity index (χ0v) is 13.3. The molecule has 3 rings (SSSR count). The van der Waals surface area contributed by atoms with Gasteiger partial charge in [-0.3, -0.25) is 5.41 Å². The van der Waals surface area contributed by atoms with Gasteiger partial charge in [0.2, 0.25) is 5.76 Å². The fourth-order valence-electron chi connectivity index (χ4n) is 3.54. The van der Waals surface area contributed by atoms with Crippen LogP contribution in [0.25, 0.3) is 0 Å². The standard InChI is InChI=1S/C19H23NO3/c20-17(14-6-8-15(22)9-7-14)16(13-4-2-1-3-5-13)18(23)19(12-21)10-11-19/h6-9,12-13,20,22-23H,1-5,10-11H2/p+1/b18-16-,20-17?. The molecule has 0 radical (unpaired) electrons. The fourth-order valence-corrected chi connectivity index (χ4v) is 3.54. The van der Waals surface area contributed by atoms with Crippen LogP contribution >= 0.6 is 0 Å². The third kappa shape index (κ3) is 3.03. The largest absolute Gasteiger partial charge is 0.595 e. The zero-order chi connectivity index (χ0) is 16.4. The molecule has 1 aromatic carbocycles. The lowest BCUT2D eigenvalue weighted by atomic mass is 9.78. The van der Waals surface area contributed by atoms with E-state index in [4.69, 9.17) is 10.5 Å². The Hall–Kier alpha value is -2.10. The van der Waals surface area contributed by atoms with Crippen LogP contribution in [0.3, 0.4) is 0 Å². The monoisotopic (exact) mass is 314 g/mol. The van der Waals surface area contributed by atoms with E-state index in [1.807, 2.05) is 0 Å². The second kappa shape index (κ2) is 6.19. The Bertz CT molecular complexity index is 635. The molecule has 2 fully saturated rings. The van der Waals surface area contributed by atoms with Crippen LogP contribution in [0.5, 0.6) is 5.75 Å². The minimum Gasteiger partial charge on any atom is -0.595 e. The summed E-state index contributed by atoms with van der Waals surface area (Å²) >= 11 is 0. The summed E-state index contributed by atoms with van der Waals surface area (Å²) in [5.74, 6) is 0.731. The molecule has 1 aromatic rings. The van der Waals surface area contributed by atoms with Crippen molar-refractivity contribution in [3.8, 4) is 5.75 Å². The second-order valence-corrected chi connectivity index (χ2v) is 6.82. The van der Waals surface area contributed by atoms with Gasteiger partial charge in [-0.2, -0.15) is 0 Å². The topological polar surface area (TPSA) is 84.0 Å². The van der Waals surface area contributed by atoms with E-state index in [1.54, 1.807) is 24.3 Å². The van der Waals surface area contributed by atoms with Crippen molar-refractivity contribution in [2.24, 2.45) is 11.3 Å². The van der Waals surface area contributed by atoms with E-state index in [2.05, 4.69) is 0 Å². The van der Waals surface area contributed by atoms with E-state index in [1.165, 1.54) is 6.42 Å². The van der Waals surface area contributed by atoms with Crippen LogP contribution < -0.4 is 0 Å². The van der Waals surface area contributed by atoms with Crippen molar-refractivity contribution in [2.75, 3.05) is 0 Å². The lowest BCUT2D eigenvalue weighted by molar-refractivity contribution is -0.111. The number of phenolic OH excluding ortho intramolecular Hbond substituents is 1. The summed E-state index contributed by atoms with van der Waals surface area (Å²) in [7, 11) is 0. The van der Waals surface area contributed by atoms with Gasteiger partial charge >= 0.3 is 0 Å². The molecule has 0 atom stereocenters. The number of allylic oxidation sites excluding steroid dienone is 2. The quantitative estimate of drug-likeness (QED) is 0.378. The first-order valence-electron chi connectivity index (χ1n) is 8.38. The molecule has 122 valence electrons. The highest BCUT2D eigenvalue weighted by atomic mass is 16.3. The van der Waals surface area contributed by atoms with Gasteiger partial charge in [-0.25, -0.2) is 0 Å². The Balaban J connectivity index is 2.01. The third-order valence-electron chi connectivity index (χ3n) is 5.22. The molecule has 0 spiro atoms. The highest BCUT2D eigenvalue weighted by Crippen LogP contribution is 2.51. The van der Waals surface area contributed by atoms with Gasteiger partial charge in [0.25, 0.3) is 0 Å². The number of carbonyl (C=O) groups is 1. The predicted octanol–water partition coefficient (Wildman–Crippen LogP) is 3.30. The summed E-state index contributed by atoms with van der Waals surface area (Å²) in [6, 6.07) is 6.57. The molecular formula is C19H24NO3+. The molecule has 4 heteroatoms. The Kier molecular flexibility index (Phi) is 4.24. The number of aromatic hydroxyl groups is 1. The SMILES string of the molecule is N=C(/C(=C(\[OH2+])C1(C=O)CC1)C1CCCCC1)c1ccc(O)cc1. The highest BCUT2D eigenvalue weighted by Gasteiger charge is 2.53. The van der Waals surface area contributed by atoms with Gasteiger partial charge in [-0.1, -0.05) is 19.3 Å². The number of rotatable bonds is 5. The van der Waals surface area contributed by atoms with Crippen molar-refractivity contribution in [1.29, 1.82) is 5.41 Å². The number of benzene rings is 1. The number of nitrogens with one attached hydrogen (secondary N) is 1. The third-order valence-corrected chi connectivity index (χ3v) is 5.22. The molecule has 2 saturated carbocycles. The van der Waals surface area contributed by atoms with E-state index < -0.39 is 5.41 Å². The van der Waals surface area contributed by atoms with Crippen molar-refractivity contribution in [3.63, 3.8) is 0 Å². The maximum absolute atomic E-state index is 11.5. The molecule has 23 heavy (non-hydrogen) atoms. The molecule has 4 N–H and O–H groups in total. The van der Waals surface area contributed by atoms with E-state index in [-0.39, 0.29) is 11.7 Å². The summed E-state index contributed by atoms with van der Waals surface area (Å²) in [5.41, 5.74) is 1.15. The predicted molar refractivity (Wildman–Crippen MR) is 89.9 cm³/mol. The summed E-state index contributed by atoms with van der Waals surface area (Å²) < 4.78 is 0. The van der Waals surface area contributed by atoms with Crippen molar-refractivity contribution in [1.82, 2.24) is 0 Å². The summed E-state index contributed by atoms with van der Waals surface area (Å²) in [5, 5.41) is 26.7. The molecule has 0 heterocycles. The smallest absolute Gasteiger partial charge is 0.248 e. The molecule has 2 aliphatic rings. The molecule has 0 aromatic heterocycles. The summed E-state index contributed by atoms with van der Waals surface area (Å²) in [6.07, 6.45) is 7.81. The van der Waals surface area contributed by atoms with Gasteiger partial charge < -0.3 is 15.0 Å². The summed E-state index contributed by atoms with van der Waals surface area (Å²) in [4.78, 5) is 11.5. The Morgan fingerprint density at radius 3 is 2.30 bits per heavy atom. The number of hydrogen-bond acceptors (Lipinski definition) is 3. The van der Waals surface area contributed by atoms with Crippen LogP contribution in [0.4, 0.5) is 0 Å². The number of aldehydes is 1. The Morgan fingerprint density at radius 2 is 1.78 bits per heavy atom. The van der Waals surface area contributed by atoms with E-state index in [0.717, 1.165) is 50.4 Å². The molecule has 4 nitrogen and oxygen atoms in total. The minimum atomic E-state index is -0.643. The van der Waals surface area contributed by atoms with Crippen LogP contribution in [0.2, 0.25) is 0 Å². The molecule has 0 amide bonds. The van der Waals surface area contributed by atoms with Gasteiger partial charge in [0.05, 0.1) is 11.3 Å². The van der Waals surface area contributed by atoms with E-state index >= 15 is 0 Å². The lowest BCUT2D eigenvalue weighted by Crippen LogP contribution is -2.22. The lowest BCUT2D eigenvalue weighted by Gasteiger charge is -2.25. The molecule has 0 aliphatic heterocycles. The van der Waals surface area contributed by atoms with Gasteiger partial charge in [0.1, 0.15) is 17.5 Å². The first-order chi connectivity index (χ1) is 11.1. The average molecular weight is 314 g/mol. The second-order valence-electron chi connectivity index (χ2n) is 6.82. The molecular weight excluding hydrogens is 290 g/mol. The van der Waals surface area contributed by atoms with Crippen molar-refractivity contribution >= 4 is 12.0 Å². The summed E-state index contributed by atoms with van der Waals surface area (Å²) in [6.45, 7) is 0. The highest BCUT2D eigenvalue weighted by molar-refractivity contribution is 6.11. The van der Waals surface area contributed by atoms with Gasteiger partial charge in [0.15, 0.2) is 0 Å². The zero-order valence-electron chi connectivity index (χ0n) is 13.3. The number of hydrogen-bond donors (Lipinski definition) is 2. The maximum atomic E-state index is 11.5. The molecule has 0 unspecified atom stereocenters. The van der Waals surface area contributed by atoms with E-state index in [0.29, 0.717) is 17.0 Å². The van der Waals surface area contributed by atoms with Crippen molar-refractivity contribution < 1.29 is 15.0 Å².